The lowest BCUT2D eigenvalue weighted by atomic mass is 10.0. The first-order chi connectivity index (χ1) is 17.2. The van der Waals surface area contributed by atoms with E-state index >= 15 is 0 Å². The van der Waals surface area contributed by atoms with Crippen LogP contribution in [-0.4, -0.2) is 0 Å². The molecule has 1 aliphatic rings. The van der Waals surface area contributed by atoms with Crippen molar-refractivity contribution >= 4 is 40.6 Å². The molecule has 0 saturated carbocycles. The highest BCUT2D eigenvalue weighted by Gasteiger charge is 2.21. The quantitative estimate of drug-likeness (QED) is 0.243. The summed E-state index contributed by atoms with van der Waals surface area (Å²) in [6.07, 6.45) is 0. The summed E-state index contributed by atoms with van der Waals surface area (Å²) in [4.78, 5) is 7.71. The van der Waals surface area contributed by atoms with Crippen LogP contribution in [0.3, 0.4) is 0 Å². The van der Waals surface area contributed by atoms with Gasteiger partial charge in [-0.1, -0.05) is 84.2 Å². The van der Waals surface area contributed by atoms with Gasteiger partial charge in [-0.05, 0) is 90.7 Å². The summed E-state index contributed by atoms with van der Waals surface area (Å²) in [7, 11) is 0. The van der Waals surface area contributed by atoms with Gasteiger partial charge in [-0.3, -0.25) is 0 Å². The third-order valence-corrected chi connectivity index (χ3v) is 8.77. The smallest absolute Gasteiger partial charge is 0.0462 e. The average molecular weight is 488 g/mol. The lowest BCUT2D eigenvalue weighted by Gasteiger charge is -2.26. The number of fused-ring (bicyclic) bond motifs is 2. The zero-order valence-corrected chi connectivity index (χ0v) is 21.4. The highest BCUT2D eigenvalue weighted by atomic mass is 32.2. The predicted molar refractivity (Wildman–Crippen MR) is 151 cm³/mol. The fourth-order valence-electron chi connectivity index (χ4n) is 4.53. The van der Waals surface area contributed by atoms with Gasteiger partial charge in [-0.2, -0.15) is 0 Å². The van der Waals surface area contributed by atoms with E-state index in [2.05, 4.69) is 134 Å². The van der Waals surface area contributed by atoms with Crippen LogP contribution in [0, 0.1) is 13.8 Å². The summed E-state index contributed by atoms with van der Waals surface area (Å²) < 4.78 is 0. The van der Waals surface area contributed by atoms with Crippen molar-refractivity contribution in [2.45, 2.75) is 33.4 Å². The fourth-order valence-corrected chi connectivity index (χ4v) is 7.09. The van der Waals surface area contributed by atoms with Crippen LogP contribution in [0.5, 0.6) is 0 Å². The number of hydrogen-bond donors (Lipinski definition) is 0. The number of anilines is 3. The van der Waals surface area contributed by atoms with Crippen molar-refractivity contribution in [2.75, 3.05) is 4.90 Å². The monoisotopic (exact) mass is 487 g/mol. The van der Waals surface area contributed by atoms with E-state index in [-0.39, 0.29) is 0 Å². The van der Waals surface area contributed by atoms with Crippen LogP contribution < -0.4 is 4.90 Å². The maximum Gasteiger partial charge on any atom is 0.0462 e. The molecule has 1 nitrogen and oxygen atoms in total. The zero-order valence-electron chi connectivity index (χ0n) is 19.7. The van der Waals surface area contributed by atoms with Gasteiger partial charge in [-0.15, -0.1) is 0 Å². The number of para-hydroxylation sites is 2. The molecule has 35 heavy (non-hydrogen) atoms. The first-order valence-corrected chi connectivity index (χ1v) is 13.4. The Labute approximate surface area is 215 Å². The molecule has 0 atom stereocenters. The van der Waals surface area contributed by atoms with E-state index in [1.165, 1.54) is 41.8 Å². The molecule has 0 spiro atoms. The van der Waals surface area contributed by atoms with E-state index in [4.69, 9.17) is 0 Å². The molecule has 0 bridgehead atoms. The van der Waals surface area contributed by atoms with E-state index in [0.29, 0.717) is 0 Å². The molecule has 6 rings (SSSR count). The molecule has 0 unspecified atom stereocenters. The fraction of sp³-hybridized carbons (Fsp3) is 0.0625. The highest BCUT2D eigenvalue weighted by Crippen LogP contribution is 2.52. The minimum atomic E-state index is 1.15. The Balaban J connectivity index is 1.41. The van der Waals surface area contributed by atoms with Crippen LogP contribution in [0.4, 0.5) is 17.1 Å². The number of benzene rings is 5. The molecule has 0 radical (unpaired) electrons. The largest absolute Gasteiger partial charge is 0.311 e. The van der Waals surface area contributed by atoms with Gasteiger partial charge in [0.15, 0.2) is 0 Å². The van der Waals surface area contributed by atoms with Gasteiger partial charge in [0.05, 0.1) is 0 Å². The third kappa shape index (κ3) is 4.38. The number of rotatable bonds is 4. The van der Waals surface area contributed by atoms with Crippen molar-refractivity contribution in [3.63, 3.8) is 0 Å². The lowest BCUT2D eigenvalue weighted by molar-refractivity contribution is 1.13. The molecule has 5 aromatic rings. The van der Waals surface area contributed by atoms with Crippen molar-refractivity contribution < 1.29 is 0 Å². The molecule has 0 aliphatic carbocycles. The van der Waals surface area contributed by atoms with Crippen molar-refractivity contribution in [3.8, 4) is 11.1 Å². The molecule has 0 amide bonds. The van der Waals surface area contributed by atoms with Crippen molar-refractivity contribution in [2.24, 2.45) is 0 Å². The number of hydrogen-bond acceptors (Lipinski definition) is 3. The average Bonchev–Trinajstić information content (AvgIpc) is 2.89. The van der Waals surface area contributed by atoms with Crippen LogP contribution in [0.1, 0.15) is 11.1 Å². The van der Waals surface area contributed by atoms with Crippen molar-refractivity contribution in [1.29, 1.82) is 0 Å². The Morgan fingerprint density at radius 3 is 1.74 bits per heavy atom. The van der Waals surface area contributed by atoms with E-state index in [0.717, 1.165) is 17.1 Å². The number of aryl methyl sites for hydroxylation is 2. The SMILES string of the molecule is Cc1ccc2c(c1)Sc1c(cc(C)cc1-c1ccc(N(c3ccccc3)c3ccccc3)cc1)S2. The van der Waals surface area contributed by atoms with Crippen LogP contribution in [-0.2, 0) is 0 Å². The van der Waals surface area contributed by atoms with E-state index in [1.807, 2.05) is 23.5 Å². The Hall–Kier alpha value is -3.40. The molecule has 1 heterocycles. The Bertz CT molecular complexity index is 1450. The summed E-state index contributed by atoms with van der Waals surface area (Å²) in [6.45, 7) is 4.36. The summed E-state index contributed by atoms with van der Waals surface area (Å²) in [5.41, 5.74) is 8.61. The van der Waals surface area contributed by atoms with Gasteiger partial charge in [0.2, 0.25) is 0 Å². The molecule has 1 aliphatic heterocycles. The van der Waals surface area contributed by atoms with Crippen LogP contribution in [0.15, 0.2) is 135 Å². The second kappa shape index (κ2) is 9.33. The molecule has 5 aromatic carbocycles. The van der Waals surface area contributed by atoms with Crippen molar-refractivity contribution in [3.05, 3.63) is 126 Å². The molecule has 170 valence electrons. The van der Waals surface area contributed by atoms with Crippen LogP contribution in [0.2, 0.25) is 0 Å². The normalized spacial score (nSPS) is 12.1. The summed E-state index contributed by atoms with van der Waals surface area (Å²) >= 11 is 3.79. The standard InChI is InChI=1S/C32H25NS2/c1-22-13-18-29-30(20-22)35-32-28(19-23(2)21-31(32)34-29)24-14-16-27(17-15-24)33(25-9-5-3-6-10-25)26-11-7-4-8-12-26/h3-21H,1-2H3. The molecular weight excluding hydrogens is 462 g/mol. The first kappa shape index (κ1) is 22.1. The minimum absolute atomic E-state index is 1.15. The second-order valence-corrected chi connectivity index (χ2v) is 11.0. The third-order valence-electron chi connectivity index (χ3n) is 6.20. The zero-order chi connectivity index (χ0) is 23.8. The second-order valence-electron chi connectivity index (χ2n) is 8.85. The predicted octanol–water partition coefficient (Wildman–Crippen LogP) is 10.1. The minimum Gasteiger partial charge on any atom is -0.311 e. The molecule has 0 aromatic heterocycles. The molecule has 3 heteroatoms. The Morgan fingerprint density at radius 1 is 0.486 bits per heavy atom. The van der Waals surface area contributed by atoms with E-state index < -0.39 is 0 Å². The molecule has 0 fully saturated rings. The molecule has 0 N–H and O–H groups in total. The van der Waals surface area contributed by atoms with E-state index in [1.54, 1.807) is 0 Å². The molecule has 0 saturated heterocycles. The van der Waals surface area contributed by atoms with Gasteiger partial charge in [0, 0.05) is 36.6 Å². The Morgan fingerprint density at radius 2 is 1.09 bits per heavy atom. The first-order valence-electron chi connectivity index (χ1n) is 11.8. The maximum absolute atomic E-state index is 2.33. The van der Waals surface area contributed by atoms with Gasteiger partial charge in [0.25, 0.3) is 0 Å². The van der Waals surface area contributed by atoms with Crippen molar-refractivity contribution in [1.82, 2.24) is 0 Å². The Kier molecular flexibility index (Phi) is 5.89. The maximum atomic E-state index is 2.33. The summed E-state index contributed by atoms with van der Waals surface area (Å²) in [5, 5.41) is 0. The summed E-state index contributed by atoms with van der Waals surface area (Å²) in [5.74, 6) is 0. The lowest BCUT2D eigenvalue weighted by Crippen LogP contribution is -2.09. The van der Waals surface area contributed by atoms with Gasteiger partial charge < -0.3 is 4.90 Å². The van der Waals surface area contributed by atoms with Gasteiger partial charge in [-0.25, -0.2) is 0 Å². The van der Waals surface area contributed by atoms with E-state index in [9.17, 15) is 0 Å². The highest BCUT2D eigenvalue weighted by molar-refractivity contribution is 8.05. The number of nitrogens with zero attached hydrogens (tertiary/aromatic N) is 1. The summed E-state index contributed by atoms with van der Waals surface area (Å²) in [6, 6.07) is 41.5. The van der Waals surface area contributed by atoms with Crippen LogP contribution >= 0.6 is 23.5 Å². The van der Waals surface area contributed by atoms with Gasteiger partial charge in [0.1, 0.15) is 0 Å². The molecular formula is C32H25NS2. The topological polar surface area (TPSA) is 3.24 Å². The van der Waals surface area contributed by atoms with Crippen LogP contribution in [0.25, 0.3) is 11.1 Å². The van der Waals surface area contributed by atoms with Gasteiger partial charge >= 0.3 is 0 Å².